The van der Waals surface area contributed by atoms with Gasteiger partial charge in [0.2, 0.25) is 0 Å². The maximum absolute atomic E-state index is 10.5. The molecule has 0 saturated heterocycles. The molecule has 0 aliphatic carbocycles. The van der Waals surface area contributed by atoms with Crippen LogP contribution in [0, 0.1) is 0 Å². The standard InChI is InChI=1S/C11H26N4O2/c1-3-13-11(14-4-2)15-8-6-5-7-9(12)10(16)17/h9,11,13-15H,3-8,12H2,1-2H3,(H,16,17)/t9-/m1/s1. The van der Waals surface area contributed by atoms with Gasteiger partial charge in [-0.1, -0.05) is 20.3 Å². The van der Waals surface area contributed by atoms with Gasteiger partial charge in [0.15, 0.2) is 0 Å². The second kappa shape index (κ2) is 10.5. The fraction of sp³-hybridized carbons (Fsp3) is 0.909. The van der Waals surface area contributed by atoms with Gasteiger partial charge < -0.3 is 10.8 Å². The van der Waals surface area contributed by atoms with Gasteiger partial charge in [-0.15, -0.1) is 0 Å². The van der Waals surface area contributed by atoms with E-state index >= 15 is 0 Å². The average molecular weight is 246 g/mol. The second-order valence-corrected chi connectivity index (χ2v) is 3.94. The van der Waals surface area contributed by atoms with Crippen LogP contribution in [0.2, 0.25) is 0 Å². The SMILES string of the molecule is CCNC(NCC)NCCCC[C@@H](N)C(=O)O. The summed E-state index contributed by atoms with van der Waals surface area (Å²) in [7, 11) is 0. The first-order chi connectivity index (χ1) is 8.11. The first-order valence-electron chi connectivity index (χ1n) is 6.30. The van der Waals surface area contributed by atoms with Crippen molar-refractivity contribution in [3.05, 3.63) is 0 Å². The minimum Gasteiger partial charge on any atom is -0.480 e. The van der Waals surface area contributed by atoms with Gasteiger partial charge in [0, 0.05) is 0 Å². The largest absolute Gasteiger partial charge is 0.480 e. The van der Waals surface area contributed by atoms with Crippen molar-refractivity contribution in [2.24, 2.45) is 5.73 Å². The Bertz CT molecular complexity index is 196. The zero-order valence-corrected chi connectivity index (χ0v) is 10.8. The van der Waals surface area contributed by atoms with Gasteiger partial charge in [0.25, 0.3) is 0 Å². The highest BCUT2D eigenvalue weighted by Crippen LogP contribution is 1.98. The van der Waals surface area contributed by atoms with E-state index in [0.29, 0.717) is 6.42 Å². The zero-order valence-electron chi connectivity index (χ0n) is 10.8. The van der Waals surface area contributed by atoms with E-state index < -0.39 is 12.0 Å². The summed E-state index contributed by atoms with van der Waals surface area (Å²) in [5.74, 6) is -0.920. The molecule has 0 heterocycles. The van der Waals surface area contributed by atoms with Gasteiger partial charge in [0.05, 0.1) is 0 Å². The molecule has 6 N–H and O–H groups in total. The van der Waals surface area contributed by atoms with Crippen LogP contribution in [0.15, 0.2) is 0 Å². The maximum Gasteiger partial charge on any atom is 0.320 e. The highest BCUT2D eigenvalue weighted by Gasteiger charge is 2.10. The van der Waals surface area contributed by atoms with Crippen LogP contribution in [0.5, 0.6) is 0 Å². The van der Waals surface area contributed by atoms with E-state index in [1.807, 2.05) is 0 Å². The van der Waals surface area contributed by atoms with Gasteiger partial charge in [-0.05, 0) is 32.5 Å². The minimum atomic E-state index is -0.920. The molecule has 0 aromatic carbocycles. The van der Waals surface area contributed by atoms with Gasteiger partial charge in [-0.25, -0.2) is 0 Å². The molecular formula is C11H26N4O2. The third-order valence-electron chi connectivity index (χ3n) is 2.42. The first kappa shape index (κ1) is 16.3. The normalized spacial score (nSPS) is 12.9. The predicted octanol–water partition coefficient (Wildman–Crippen LogP) is -0.339. The summed E-state index contributed by atoms with van der Waals surface area (Å²) in [5, 5.41) is 18.4. The number of carboxylic acid groups (broad SMARTS) is 1. The molecule has 0 fully saturated rings. The number of carbonyl (C=O) groups is 1. The molecule has 0 amide bonds. The van der Waals surface area contributed by atoms with E-state index in [1.165, 1.54) is 0 Å². The lowest BCUT2D eigenvalue weighted by Crippen LogP contribution is -2.52. The number of unbranched alkanes of at least 4 members (excludes halogenated alkanes) is 1. The molecule has 102 valence electrons. The highest BCUT2D eigenvalue weighted by molar-refractivity contribution is 5.72. The fourth-order valence-corrected chi connectivity index (χ4v) is 1.48. The Kier molecular flexibility index (Phi) is 10.0. The van der Waals surface area contributed by atoms with Crippen LogP contribution in [0.25, 0.3) is 0 Å². The summed E-state index contributed by atoms with van der Waals surface area (Å²) in [6.45, 7) is 6.75. The van der Waals surface area contributed by atoms with Crippen LogP contribution in [-0.2, 0) is 4.79 Å². The molecule has 0 rings (SSSR count). The summed E-state index contributed by atoms with van der Waals surface area (Å²) in [6, 6.07) is -0.728. The Morgan fingerprint density at radius 1 is 1.18 bits per heavy atom. The molecule has 0 aliphatic heterocycles. The average Bonchev–Trinajstić information content (AvgIpc) is 2.28. The molecule has 0 unspecified atom stereocenters. The van der Waals surface area contributed by atoms with Crippen molar-refractivity contribution in [3.8, 4) is 0 Å². The smallest absolute Gasteiger partial charge is 0.320 e. The van der Waals surface area contributed by atoms with Crippen molar-refractivity contribution in [2.45, 2.75) is 45.4 Å². The minimum absolute atomic E-state index is 0.123. The van der Waals surface area contributed by atoms with Crippen LogP contribution >= 0.6 is 0 Å². The number of aliphatic carboxylic acids is 1. The third kappa shape index (κ3) is 9.05. The van der Waals surface area contributed by atoms with Crippen molar-refractivity contribution in [1.29, 1.82) is 0 Å². The lowest BCUT2D eigenvalue weighted by Gasteiger charge is -2.20. The summed E-state index contributed by atoms with van der Waals surface area (Å²) >= 11 is 0. The number of hydrogen-bond acceptors (Lipinski definition) is 5. The molecule has 0 bridgehead atoms. The topological polar surface area (TPSA) is 99.4 Å². The van der Waals surface area contributed by atoms with Crippen molar-refractivity contribution in [3.63, 3.8) is 0 Å². The number of rotatable bonds is 11. The van der Waals surface area contributed by atoms with E-state index in [0.717, 1.165) is 32.5 Å². The Labute approximate surface area is 103 Å². The second-order valence-electron chi connectivity index (χ2n) is 3.94. The Hall–Kier alpha value is -0.690. The molecule has 1 atom stereocenters. The quantitative estimate of drug-likeness (QED) is 0.253. The summed E-state index contributed by atoms with van der Waals surface area (Å²) < 4.78 is 0. The van der Waals surface area contributed by atoms with E-state index in [-0.39, 0.29) is 6.29 Å². The van der Waals surface area contributed by atoms with E-state index in [9.17, 15) is 4.79 Å². The lowest BCUT2D eigenvalue weighted by molar-refractivity contribution is -0.138. The first-order valence-corrected chi connectivity index (χ1v) is 6.30. The van der Waals surface area contributed by atoms with Gasteiger partial charge >= 0.3 is 5.97 Å². The molecule has 6 heteroatoms. The molecule has 0 aromatic rings. The van der Waals surface area contributed by atoms with Crippen molar-refractivity contribution >= 4 is 5.97 Å². The Morgan fingerprint density at radius 2 is 1.76 bits per heavy atom. The van der Waals surface area contributed by atoms with E-state index in [4.69, 9.17) is 10.8 Å². The third-order valence-corrected chi connectivity index (χ3v) is 2.42. The van der Waals surface area contributed by atoms with Crippen LogP contribution in [0.4, 0.5) is 0 Å². The van der Waals surface area contributed by atoms with Crippen LogP contribution < -0.4 is 21.7 Å². The van der Waals surface area contributed by atoms with Crippen molar-refractivity contribution in [2.75, 3.05) is 19.6 Å². The van der Waals surface area contributed by atoms with Crippen molar-refractivity contribution in [1.82, 2.24) is 16.0 Å². The van der Waals surface area contributed by atoms with Crippen LogP contribution in [-0.4, -0.2) is 43.0 Å². The number of nitrogens with one attached hydrogen (secondary N) is 3. The predicted molar refractivity (Wildman–Crippen MR) is 68.6 cm³/mol. The molecule has 0 aromatic heterocycles. The van der Waals surface area contributed by atoms with Gasteiger partial charge in [-0.2, -0.15) is 0 Å². The summed E-state index contributed by atoms with van der Waals surface area (Å²) in [5.41, 5.74) is 5.41. The van der Waals surface area contributed by atoms with Crippen LogP contribution in [0.1, 0.15) is 33.1 Å². The highest BCUT2D eigenvalue weighted by atomic mass is 16.4. The Morgan fingerprint density at radius 3 is 2.24 bits per heavy atom. The maximum atomic E-state index is 10.5. The van der Waals surface area contributed by atoms with E-state index in [1.54, 1.807) is 0 Å². The van der Waals surface area contributed by atoms with E-state index in [2.05, 4.69) is 29.8 Å². The van der Waals surface area contributed by atoms with Crippen molar-refractivity contribution < 1.29 is 9.90 Å². The molecule has 0 saturated carbocycles. The molecule has 0 radical (unpaired) electrons. The van der Waals surface area contributed by atoms with Crippen LogP contribution in [0.3, 0.4) is 0 Å². The fourth-order valence-electron chi connectivity index (χ4n) is 1.48. The number of carboxylic acids is 1. The molecule has 17 heavy (non-hydrogen) atoms. The summed E-state index contributed by atoms with van der Waals surface area (Å²) in [4.78, 5) is 10.5. The lowest BCUT2D eigenvalue weighted by atomic mass is 10.1. The van der Waals surface area contributed by atoms with Gasteiger partial charge in [-0.3, -0.25) is 20.7 Å². The Balaban J connectivity index is 3.50. The molecule has 6 nitrogen and oxygen atoms in total. The molecule has 0 aliphatic rings. The summed E-state index contributed by atoms with van der Waals surface area (Å²) in [6.07, 6.45) is 2.40. The number of hydrogen-bond donors (Lipinski definition) is 5. The molecular weight excluding hydrogens is 220 g/mol. The zero-order chi connectivity index (χ0) is 13.1. The molecule has 0 spiro atoms. The monoisotopic (exact) mass is 246 g/mol. The van der Waals surface area contributed by atoms with Gasteiger partial charge in [0.1, 0.15) is 12.3 Å². The number of nitrogens with two attached hydrogens (primary N) is 1.